The average Bonchev–Trinajstić information content (AvgIpc) is 3.41. The number of carbonyl (C=O) groups excluding carboxylic acids is 3. The molecule has 1 atom stereocenters. The fraction of sp³-hybridized carbons (Fsp3) is 0.361. The maximum absolute atomic E-state index is 13.8. The molecule has 0 radical (unpaired) electrons. The highest BCUT2D eigenvalue weighted by molar-refractivity contribution is 6.07. The van der Waals surface area contributed by atoms with Crippen molar-refractivity contribution in [2.24, 2.45) is 0 Å². The van der Waals surface area contributed by atoms with E-state index in [9.17, 15) is 14.4 Å². The van der Waals surface area contributed by atoms with E-state index in [-0.39, 0.29) is 18.2 Å². The molecule has 1 aliphatic heterocycles. The van der Waals surface area contributed by atoms with Gasteiger partial charge in [-0.05, 0) is 77.4 Å². The molecule has 0 saturated heterocycles. The molecule has 2 amide bonds. The van der Waals surface area contributed by atoms with E-state index in [0.717, 1.165) is 11.1 Å². The Morgan fingerprint density at radius 3 is 2.31 bits per heavy atom. The molecule has 250 valence electrons. The largest absolute Gasteiger partial charge is 0.458 e. The van der Waals surface area contributed by atoms with Crippen LogP contribution < -0.4 is 20.0 Å². The van der Waals surface area contributed by atoms with E-state index in [1.165, 1.54) is 0 Å². The fourth-order valence-corrected chi connectivity index (χ4v) is 5.55. The van der Waals surface area contributed by atoms with E-state index in [1.807, 2.05) is 82.8 Å². The lowest BCUT2D eigenvalue weighted by molar-refractivity contribution is -0.155. The third kappa shape index (κ3) is 7.59. The highest BCUT2D eigenvalue weighted by atomic mass is 16.6. The second-order valence-corrected chi connectivity index (χ2v) is 12.4. The number of rotatable bonds is 12. The number of pyridine rings is 2. The first-order valence-corrected chi connectivity index (χ1v) is 16.2. The minimum Gasteiger partial charge on any atom is -0.458 e. The van der Waals surface area contributed by atoms with Crippen molar-refractivity contribution in [1.29, 1.82) is 0 Å². The van der Waals surface area contributed by atoms with Gasteiger partial charge in [0.15, 0.2) is 5.82 Å². The van der Waals surface area contributed by atoms with Crippen LogP contribution in [0.1, 0.15) is 63.0 Å². The molecule has 0 spiro atoms. The molecule has 12 heteroatoms. The molecule has 0 bridgehead atoms. The van der Waals surface area contributed by atoms with Gasteiger partial charge in [0.2, 0.25) is 11.9 Å². The van der Waals surface area contributed by atoms with E-state index in [0.29, 0.717) is 60.6 Å². The van der Waals surface area contributed by atoms with E-state index >= 15 is 0 Å². The predicted molar refractivity (Wildman–Crippen MR) is 186 cm³/mol. The normalized spacial score (nSPS) is 13.1. The molecule has 1 N–H and O–H groups in total. The van der Waals surface area contributed by atoms with Crippen LogP contribution in [0.25, 0.3) is 0 Å². The van der Waals surface area contributed by atoms with Gasteiger partial charge in [-0.3, -0.25) is 19.5 Å². The number of hydrogen-bond acceptors (Lipinski definition) is 10. The van der Waals surface area contributed by atoms with Crippen LogP contribution in [0.2, 0.25) is 0 Å². The van der Waals surface area contributed by atoms with Gasteiger partial charge in [0.25, 0.3) is 5.91 Å². The summed E-state index contributed by atoms with van der Waals surface area (Å²) < 4.78 is 5.86. The number of aromatic nitrogens is 4. The standard InChI is InChI=1S/C36H42N8O4/c1-7-42(8-2)35-39-23-29(43(9-3)33(46)25-16-19-37-20-17-25)31(41-35)40-28(34(47)48-36(4,5)6)21-24-12-14-27(15-13-24)44-30(45)22-26-11-10-18-38-32(26)44/h10-20,23,28H,7-9,21-22H2,1-6H3,(H,39,40,41)/t28-/m0/s1. The molecule has 4 heterocycles. The Hall–Kier alpha value is -5.39. The third-order valence-electron chi connectivity index (χ3n) is 7.89. The number of nitrogens with one attached hydrogen (secondary N) is 1. The maximum atomic E-state index is 13.8. The molecule has 48 heavy (non-hydrogen) atoms. The summed E-state index contributed by atoms with van der Waals surface area (Å²) in [5.74, 6) is 0.650. The number of ether oxygens (including phenoxy) is 1. The number of benzene rings is 1. The van der Waals surface area contributed by atoms with Crippen LogP contribution in [0, 0.1) is 0 Å². The van der Waals surface area contributed by atoms with E-state index in [2.05, 4.69) is 20.3 Å². The van der Waals surface area contributed by atoms with Crippen molar-refractivity contribution in [3.63, 3.8) is 0 Å². The predicted octanol–water partition coefficient (Wildman–Crippen LogP) is 5.37. The number of esters is 1. The van der Waals surface area contributed by atoms with Crippen LogP contribution in [0.5, 0.6) is 0 Å². The van der Waals surface area contributed by atoms with Crippen LogP contribution in [0.15, 0.2) is 73.3 Å². The van der Waals surface area contributed by atoms with Crippen molar-refractivity contribution >= 4 is 46.7 Å². The molecule has 5 rings (SSSR count). The van der Waals surface area contributed by atoms with E-state index < -0.39 is 17.6 Å². The first-order chi connectivity index (χ1) is 23.0. The van der Waals surface area contributed by atoms with Gasteiger partial charge in [-0.15, -0.1) is 0 Å². The van der Waals surface area contributed by atoms with Gasteiger partial charge in [0.1, 0.15) is 23.1 Å². The van der Waals surface area contributed by atoms with Gasteiger partial charge in [-0.2, -0.15) is 4.98 Å². The molecule has 0 aliphatic carbocycles. The Balaban J connectivity index is 1.50. The number of fused-ring (bicyclic) bond motifs is 1. The van der Waals surface area contributed by atoms with Crippen LogP contribution in [0.4, 0.5) is 29.0 Å². The third-order valence-corrected chi connectivity index (χ3v) is 7.89. The van der Waals surface area contributed by atoms with Gasteiger partial charge in [0.05, 0.1) is 18.3 Å². The fourth-order valence-electron chi connectivity index (χ4n) is 5.55. The Labute approximate surface area is 281 Å². The summed E-state index contributed by atoms with van der Waals surface area (Å²) in [7, 11) is 0. The van der Waals surface area contributed by atoms with Gasteiger partial charge < -0.3 is 19.9 Å². The van der Waals surface area contributed by atoms with E-state index in [4.69, 9.17) is 9.72 Å². The SMILES string of the molecule is CCN(CC)c1ncc(N(CC)C(=O)c2ccncc2)c(N[C@@H](Cc2ccc(N3C(=O)Cc4cccnc43)cc2)C(=O)OC(C)(C)C)n1. The molecule has 1 aliphatic rings. The number of hydrogen-bond donors (Lipinski definition) is 1. The zero-order chi connectivity index (χ0) is 34.4. The van der Waals surface area contributed by atoms with Crippen molar-refractivity contribution < 1.29 is 19.1 Å². The number of carbonyl (C=O) groups is 3. The smallest absolute Gasteiger partial charge is 0.329 e. The second-order valence-electron chi connectivity index (χ2n) is 12.4. The second kappa shape index (κ2) is 14.6. The van der Waals surface area contributed by atoms with Gasteiger partial charge >= 0.3 is 5.97 Å². The van der Waals surface area contributed by atoms with Crippen LogP contribution in [0.3, 0.4) is 0 Å². The van der Waals surface area contributed by atoms with Crippen LogP contribution in [-0.4, -0.2) is 69.0 Å². The molecule has 12 nitrogen and oxygen atoms in total. The summed E-state index contributed by atoms with van der Waals surface area (Å²) in [5.41, 5.74) is 2.55. The quantitative estimate of drug-likeness (QED) is 0.200. The van der Waals surface area contributed by atoms with Crippen molar-refractivity contribution in [3.05, 3.63) is 90.0 Å². The Kier molecular flexibility index (Phi) is 10.3. The monoisotopic (exact) mass is 650 g/mol. The van der Waals surface area contributed by atoms with Gasteiger partial charge in [-0.25, -0.2) is 14.8 Å². The molecular formula is C36H42N8O4. The molecule has 3 aromatic heterocycles. The topological polar surface area (TPSA) is 134 Å². The molecular weight excluding hydrogens is 608 g/mol. The molecule has 0 fully saturated rings. The minimum atomic E-state index is -0.876. The Morgan fingerprint density at radius 2 is 1.67 bits per heavy atom. The molecule has 1 aromatic carbocycles. The minimum absolute atomic E-state index is 0.0492. The van der Waals surface area contributed by atoms with Gasteiger partial charge in [-0.1, -0.05) is 18.2 Å². The highest BCUT2D eigenvalue weighted by Crippen LogP contribution is 2.34. The van der Waals surface area contributed by atoms with Crippen LogP contribution >= 0.6 is 0 Å². The number of anilines is 5. The first kappa shape index (κ1) is 34.0. The van der Waals surface area contributed by atoms with E-state index in [1.54, 1.807) is 46.7 Å². The summed E-state index contributed by atoms with van der Waals surface area (Å²) in [6.07, 6.45) is 6.97. The van der Waals surface area contributed by atoms with Crippen molar-refractivity contribution in [1.82, 2.24) is 19.9 Å². The summed E-state index contributed by atoms with van der Waals surface area (Å²) in [6, 6.07) is 13.6. The summed E-state index contributed by atoms with van der Waals surface area (Å²) >= 11 is 0. The van der Waals surface area contributed by atoms with Crippen molar-refractivity contribution in [2.45, 2.75) is 66.0 Å². The van der Waals surface area contributed by atoms with Gasteiger partial charge in [0, 0.05) is 55.8 Å². The number of amides is 2. The lowest BCUT2D eigenvalue weighted by atomic mass is 10.0. The maximum Gasteiger partial charge on any atom is 0.329 e. The first-order valence-electron chi connectivity index (χ1n) is 16.2. The van der Waals surface area contributed by atoms with Crippen molar-refractivity contribution in [3.8, 4) is 0 Å². The Morgan fingerprint density at radius 1 is 0.958 bits per heavy atom. The number of nitrogens with zero attached hydrogens (tertiary/aromatic N) is 7. The zero-order valence-corrected chi connectivity index (χ0v) is 28.3. The zero-order valence-electron chi connectivity index (χ0n) is 28.3. The molecule has 0 saturated carbocycles. The lowest BCUT2D eigenvalue weighted by Gasteiger charge is -2.29. The molecule has 0 unspecified atom stereocenters. The van der Waals surface area contributed by atoms with Crippen LogP contribution in [-0.2, 0) is 27.2 Å². The highest BCUT2D eigenvalue weighted by Gasteiger charge is 2.31. The van der Waals surface area contributed by atoms with Crippen molar-refractivity contribution in [2.75, 3.05) is 39.7 Å². The lowest BCUT2D eigenvalue weighted by Crippen LogP contribution is -2.39. The summed E-state index contributed by atoms with van der Waals surface area (Å²) in [5, 5.41) is 3.34. The Bertz CT molecular complexity index is 1750. The molecule has 4 aromatic rings. The summed E-state index contributed by atoms with van der Waals surface area (Å²) in [4.78, 5) is 63.4. The summed E-state index contributed by atoms with van der Waals surface area (Å²) in [6.45, 7) is 13.0. The average molecular weight is 651 g/mol.